The number of nitrogen functional groups attached to an aromatic ring is 2. The van der Waals surface area contributed by atoms with Gasteiger partial charge in [-0.25, -0.2) is 9.97 Å². The number of aromatic nitrogens is 4. The van der Waals surface area contributed by atoms with Crippen LogP contribution in [0.15, 0.2) is 40.8 Å². The fraction of sp³-hybridized carbons (Fsp3) is 0. The van der Waals surface area contributed by atoms with Gasteiger partial charge in [-0.1, -0.05) is 12.1 Å². The van der Waals surface area contributed by atoms with Crippen molar-refractivity contribution in [2.75, 3.05) is 11.5 Å². The van der Waals surface area contributed by atoms with Crippen LogP contribution in [0.3, 0.4) is 0 Å². The number of hydrogen-bond acceptors (Lipinski definition) is 7. The van der Waals surface area contributed by atoms with Crippen molar-refractivity contribution in [2.45, 2.75) is 0 Å². The molecule has 3 heterocycles. The van der Waals surface area contributed by atoms with E-state index in [2.05, 4.69) is 20.2 Å². The average molecular weight is 254 g/mol. The van der Waals surface area contributed by atoms with Crippen molar-refractivity contribution < 1.29 is 4.42 Å². The van der Waals surface area contributed by atoms with Crippen LogP contribution in [-0.2, 0) is 0 Å². The molecule has 19 heavy (non-hydrogen) atoms. The maximum Gasteiger partial charge on any atom is 0.266 e. The van der Waals surface area contributed by atoms with Gasteiger partial charge >= 0.3 is 0 Å². The summed E-state index contributed by atoms with van der Waals surface area (Å²) >= 11 is 0. The minimum Gasteiger partial charge on any atom is -0.413 e. The Morgan fingerprint density at radius 3 is 1.63 bits per heavy atom. The average Bonchev–Trinajstić information content (AvgIpc) is 2.88. The second-order valence-electron chi connectivity index (χ2n) is 3.81. The predicted molar refractivity (Wildman–Crippen MR) is 69.6 cm³/mol. The molecule has 94 valence electrons. The van der Waals surface area contributed by atoms with Gasteiger partial charge in [0.05, 0.1) is 0 Å². The molecule has 3 aromatic rings. The van der Waals surface area contributed by atoms with Crippen LogP contribution in [0.4, 0.5) is 11.6 Å². The molecular formula is C12H10N6O. The first-order chi connectivity index (χ1) is 9.22. The largest absolute Gasteiger partial charge is 0.413 e. The first-order valence-electron chi connectivity index (χ1n) is 5.52. The second-order valence-corrected chi connectivity index (χ2v) is 3.81. The van der Waals surface area contributed by atoms with Gasteiger partial charge in [-0.15, -0.1) is 10.2 Å². The topological polar surface area (TPSA) is 117 Å². The smallest absolute Gasteiger partial charge is 0.266 e. The Labute approximate surface area is 108 Å². The fourth-order valence-electron chi connectivity index (χ4n) is 1.57. The number of rotatable bonds is 2. The predicted octanol–water partition coefficient (Wildman–Crippen LogP) is 1.36. The van der Waals surface area contributed by atoms with Crippen LogP contribution in [-0.4, -0.2) is 20.2 Å². The molecule has 7 nitrogen and oxygen atoms in total. The molecule has 0 spiro atoms. The van der Waals surface area contributed by atoms with Crippen molar-refractivity contribution in [2.24, 2.45) is 0 Å². The van der Waals surface area contributed by atoms with Gasteiger partial charge in [-0.05, 0) is 24.3 Å². The zero-order valence-electron chi connectivity index (χ0n) is 9.82. The van der Waals surface area contributed by atoms with Crippen molar-refractivity contribution in [3.63, 3.8) is 0 Å². The van der Waals surface area contributed by atoms with Crippen LogP contribution < -0.4 is 11.5 Å². The van der Waals surface area contributed by atoms with E-state index >= 15 is 0 Å². The minimum atomic E-state index is 0.284. The summed E-state index contributed by atoms with van der Waals surface area (Å²) in [6.07, 6.45) is 0. The van der Waals surface area contributed by atoms with Crippen LogP contribution in [0.25, 0.3) is 23.2 Å². The van der Waals surface area contributed by atoms with Crippen LogP contribution in [0, 0.1) is 0 Å². The third-order valence-corrected chi connectivity index (χ3v) is 2.40. The summed E-state index contributed by atoms with van der Waals surface area (Å²) in [5.41, 5.74) is 12.2. The van der Waals surface area contributed by atoms with Gasteiger partial charge in [0.15, 0.2) is 0 Å². The van der Waals surface area contributed by atoms with Crippen molar-refractivity contribution in [3.05, 3.63) is 36.4 Å². The quantitative estimate of drug-likeness (QED) is 0.708. The zero-order chi connectivity index (χ0) is 13.2. The van der Waals surface area contributed by atoms with Crippen molar-refractivity contribution >= 4 is 11.6 Å². The first-order valence-corrected chi connectivity index (χ1v) is 5.52. The van der Waals surface area contributed by atoms with Gasteiger partial charge in [0.25, 0.3) is 11.8 Å². The van der Waals surface area contributed by atoms with E-state index in [0.29, 0.717) is 23.0 Å². The van der Waals surface area contributed by atoms with Gasteiger partial charge in [-0.3, -0.25) is 0 Å². The summed E-state index contributed by atoms with van der Waals surface area (Å²) in [5, 5.41) is 7.84. The van der Waals surface area contributed by atoms with E-state index in [1.165, 1.54) is 0 Å². The number of pyridine rings is 2. The number of hydrogen-bond donors (Lipinski definition) is 2. The Morgan fingerprint density at radius 2 is 1.21 bits per heavy atom. The molecule has 0 radical (unpaired) electrons. The fourth-order valence-corrected chi connectivity index (χ4v) is 1.57. The van der Waals surface area contributed by atoms with E-state index in [4.69, 9.17) is 15.9 Å². The maximum atomic E-state index is 5.60. The van der Waals surface area contributed by atoms with E-state index in [9.17, 15) is 0 Å². The Bertz CT molecular complexity index is 663. The molecule has 7 heteroatoms. The molecule has 0 aliphatic heterocycles. The summed E-state index contributed by atoms with van der Waals surface area (Å²) in [6, 6.07) is 10.4. The third-order valence-electron chi connectivity index (χ3n) is 2.40. The highest BCUT2D eigenvalue weighted by Gasteiger charge is 2.12. The van der Waals surface area contributed by atoms with Crippen LogP contribution in [0.5, 0.6) is 0 Å². The zero-order valence-corrected chi connectivity index (χ0v) is 9.82. The molecule has 0 atom stereocenters. The molecule has 3 rings (SSSR count). The van der Waals surface area contributed by atoms with E-state index in [1.54, 1.807) is 36.4 Å². The van der Waals surface area contributed by atoms with E-state index in [1.807, 2.05) is 0 Å². The molecule has 0 fully saturated rings. The van der Waals surface area contributed by atoms with Crippen LogP contribution in [0.1, 0.15) is 0 Å². The molecular weight excluding hydrogens is 244 g/mol. The Kier molecular flexibility index (Phi) is 2.57. The van der Waals surface area contributed by atoms with Gasteiger partial charge in [0, 0.05) is 0 Å². The summed E-state index contributed by atoms with van der Waals surface area (Å²) in [5.74, 6) is 1.34. The van der Waals surface area contributed by atoms with Crippen molar-refractivity contribution in [1.29, 1.82) is 0 Å². The second kappa shape index (κ2) is 4.37. The summed E-state index contributed by atoms with van der Waals surface area (Å²) < 4.78 is 5.51. The lowest BCUT2D eigenvalue weighted by molar-refractivity contribution is 0.580. The SMILES string of the molecule is Nc1cccc(-c2nnc(-c3cccc(N)n3)o2)n1. The Morgan fingerprint density at radius 1 is 0.737 bits per heavy atom. The summed E-state index contributed by atoms with van der Waals surface area (Å²) in [4.78, 5) is 8.21. The lowest BCUT2D eigenvalue weighted by atomic mass is 10.3. The van der Waals surface area contributed by atoms with Gasteiger partial charge < -0.3 is 15.9 Å². The monoisotopic (exact) mass is 254 g/mol. The maximum absolute atomic E-state index is 5.60. The van der Waals surface area contributed by atoms with Gasteiger partial charge in [-0.2, -0.15) is 0 Å². The van der Waals surface area contributed by atoms with Crippen LogP contribution >= 0.6 is 0 Å². The molecule has 0 aliphatic carbocycles. The standard InChI is InChI=1S/C12H10N6O/c13-9-5-1-3-7(15-9)11-17-18-12(19-11)8-4-2-6-10(14)16-8/h1-6H,(H2,13,15)(H2,14,16). The van der Waals surface area contributed by atoms with Crippen molar-refractivity contribution in [1.82, 2.24) is 20.2 Å². The number of nitrogens with two attached hydrogens (primary N) is 2. The molecule has 0 amide bonds. The molecule has 0 saturated heterocycles. The van der Waals surface area contributed by atoms with E-state index in [0.717, 1.165) is 0 Å². The first kappa shape index (κ1) is 11.1. The molecule has 3 aromatic heterocycles. The minimum absolute atomic E-state index is 0.284. The van der Waals surface area contributed by atoms with Gasteiger partial charge in [0.1, 0.15) is 23.0 Å². The lowest BCUT2D eigenvalue weighted by Gasteiger charge is -1.96. The number of nitrogens with zero attached hydrogens (tertiary/aromatic N) is 4. The molecule has 0 unspecified atom stereocenters. The molecule has 4 N–H and O–H groups in total. The molecule has 0 aromatic carbocycles. The highest BCUT2D eigenvalue weighted by Crippen LogP contribution is 2.22. The van der Waals surface area contributed by atoms with Crippen molar-refractivity contribution in [3.8, 4) is 23.2 Å². The molecule has 0 bridgehead atoms. The Balaban J connectivity index is 2.00. The highest BCUT2D eigenvalue weighted by molar-refractivity contribution is 5.54. The lowest BCUT2D eigenvalue weighted by Crippen LogP contribution is -1.91. The molecule has 0 saturated carbocycles. The van der Waals surface area contributed by atoms with Gasteiger partial charge in [0.2, 0.25) is 0 Å². The van der Waals surface area contributed by atoms with Crippen LogP contribution in [0.2, 0.25) is 0 Å². The number of anilines is 2. The highest BCUT2D eigenvalue weighted by atomic mass is 16.4. The summed E-state index contributed by atoms with van der Waals surface area (Å²) in [7, 11) is 0. The van der Waals surface area contributed by atoms with E-state index < -0.39 is 0 Å². The Hall–Kier alpha value is -2.96. The van der Waals surface area contributed by atoms with E-state index in [-0.39, 0.29) is 11.8 Å². The normalized spacial score (nSPS) is 10.5. The molecule has 0 aliphatic rings. The summed E-state index contributed by atoms with van der Waals surface area (Å²) in [6.45, 7) is 0. The third kappa shape index (κ3) is 2.21.